The van der Waals surface area contributed by atoms with Crippen molar-refractivity contribution in [3.63, 3.8) is 0 Å². The number of fused-ring (bicyclic) bond motifs is 2. The largest absolute Gasteiger partial charge is 0.473 e. The second-order valence-corrected chi connectivity index (χ2v) is 8.55. The molecule has 0 spiro atoms. The van der Waals surface area contributed by atoms with E-state index in [1.54, 1.807) is 18.6 Å². The minimum Gasteiger partial charge on any atom is -0.473 e. The van der Waals surface area contributed by atoms with Gasteiger partial charge in [0, 0.05) is 54.5 Å². The Morgan fingerprint density at radius 2 is 1.85 bits per heavy atom. The highest BCUT2D eigenvalue weighted by Crippen LogP contribution is 2.30. The topological polar surface area (TPSA) is 105 Å². The van der Waals surface area contributed by atoms with Crippen LogP contribution in [0.5, 0.6) is 5.88 Å². The van der Waals surface area contributed by atoms with E-state index >= 15 is 0 Å². The highest BCUT2D eigenvalue weighted by atomic mass is 16.5. The number of aromatic amines is 1. The third-order valence-corrected chi connectivity index (χ3v) is 6.15. The summed E-state index contributed by atoms with van der Waals surface area (Å²) in [7, 11) is 2.14. The Balaban J connectivity index is 1.27. The Labute approximate surface area is 196 Å². The highest BCUT2D eigenvalue weighted by molar-refractivity contribution is 5.95. The van der Waals surface area contributed by atoms with Crippen molar-refractivity contribution in [2.45, 2.75) is 18.9 Å². The van der Waals surface area contributed by atoms with Crippen molar-refractivity contribution < 1.29 is 4.74 Å². The predicted octanol–water partition coefficient (Wildman–Crippen LogP) is 4.18. The number of benzene rings is 1. The third-order valence-electron chi connectivity index (χ3n) is 6.15. The van der Waals surface area contributed by atoms with Gasteiger partial charge in [0.25, 0.3) is 0 Å². The average molecular weight is 453 g/mol. The number of piperidine rings is 1. The van der Waals surface area contributed by atoms with Crippen molar-refractivity contribution in [3.8, 4) is 17.0 Å². The Bertz CT molecular complexity index is 1440. The number of likely N-dealkylation sites (tertiary alicyclic amines) is 1. The van der Waals surface area contributed by atoms with Crippen molar-refractivity contribution >= 4 is 33.7 Å². The van der Waals surface area contributed by atoms with Gasteiger partial charge in [-0.1, -0.05) is 6.07 Å². The Morgan fingerprint density at radius 1 is 1.00 bits per heavy atom. The lowest BCUT2D eigenvalue weighted by Gasteiger charge is -2.28. The maximum absolute atomic E-state index is 6.14. The quantitative estimate of drug-likeness (QED) is 0.409. The molecule has 4 aromatic heterocycles. The van der Waals surface area contributed by atoms with Crippen LogP contribution in [0.2, 0.25) is 0 Å². The van der Waals surface area contributed by atoms with Crippen molar-refractivity contribution in [2.24, 2.45) is 0 Å². The molecule has 0 atom stereocenters. The van der Waals surface area contributed by atoms with Crippen LogP contribution in [0.4, 0.5) is 11.6 Å². The number of anilines is 2. The van der Waals surface area contributed by atoms with Gasteiger partial charge in [-0.3, -0.25) is 4.98 Å². The molecule has 170 valence electrons. The Morgan fingerprint density at radius 3 is 2.71 bits per heavy atom. The van der Waals surface area contributed by atoms with Crippen LogP contribution in [-0.2, 0) is 0 Å². The van der Waals surface area contributed by atoms with E-state index in [0.717, 1.165) is 64.8 Å². The first-order valence-corrected chi connectivity index (χ1v) is 11.3. The normalized spacial score (nSPS) is 15.1. The SMILES string of the molecule is CN1CCC(Oc2cnc3ccc(-c4c[nH]c5nc(Nc6ccncc6)ncc45)cc3n2)CC1. The standard InChI is InChI=1S/C25H24N8O/c1-33-10-6-18(7-11-33)34-23-15-27-21-3-2-16(12-22(21)31-23)19-13-28-24-20(19)14-29-25(32-24)30-17-4-8-26-9-5-17/h2-5,8-9,12-15,18H,6-7,10-11H2,1H3,(H2,26,28,29,30,32). The molecule has 0 amide bonds. The summed E-state index contributed by atoms with van der Waals surface area (Å²) in [4.78, 5) is 28.0. The number of H-pyrrole nitrogens is 1. The van der Waals surface area contributed by atoms with Gasteiger partial charge in [-0.05, 0) is 49.7 Å². The third kappa shape index (κ3) is 4.13. The maximum atomic E-state index is 6.14. The van der Waals surface area contributed by atoms with E-state index in [-0.39, 0.29) is 6.10 Å². The molecule has 2 N–H and O–H groups in total. The number of hydrogen-bond acceptors (Lipinski definition) is 8. The zero-order valence-corrected chi connectivity index (χ0v) is 18.8. The van der Waals surface area contributed by atoms with Crippen molar-refractivity contribution in [1.29, 1.82) is 0 Å². The first-order chi connectivity index (χ1) is 16.7. The molecule has 1 aromatic carbocycles. The van der Waals surface area contributed by atoms with Gasteiger partial charge in [-0.25, -0.2) is 15.0 Å². The molecule has 0 radical (unpaired) electrons. The number of rotatable bonds is 5. The smallest absolute Gasteiger partial charge is 0.233 e. The van der Waals surface area contributed by atoms with E-state index in [2.05, 4.69) is 42.2 Å². The number of aromatic nitrogens is 6. The van der Waals surface area contributed by atoms with E-state index in [0.29, 0.717) is 11.8 Å². The fourth-order valence-corrected chi connectivity index (χ4v) is 4.26. The molecule has 1 fully saturated rings. The van der Waals surface area contributed by atoms with Gasteiger partial charge in [0.15, 0.2) is 0 Å². The van der Waals surface area contributed by atoms with Gasteiger partial charge in [0.05, 0.1) is 17.2 Å². The van der Waals surface area contributed by atoms with Crippen LogP contribution in [0.3, 0.4) is 0 Å². The summed E-state index contributed by atoms with van der Waals surface area (Å²) in [6.07, 6.45) is 11.1. The Hall–Kier alpha value is -4.11. The van der Waals surface area contributed by atoms with Crippen LogP contribution in [0.15, 0.2) is 61.3 Å². The lowest BCUT2D eigenvalue weighted by atomic mass is 10.1. The minimum absolute atomic E-state index is 0.187. The number of pyridine rings is 1. The van der Waals surface area contributed by atoms with Gasteiger partial charge in [-0.2, -0.15) is 4.98 Å². The van der Waals surface area contributed by atoms with E-state index in [1.165, 1.54) is 0 Å². The molecule has 0 unspecified atom stereocenters. The first kappa shape index (κ1) is 20.5. The molecule has 0 aliphatic carbocycles. The second kappa shape index (κ2) is 8.68. The molecule has 9 heteroatoms. The van der Waals surface area contributed by atoms with Gasteiger partial charge < -0.3 is 19.9 Å². The maximum Gasteiger partial charge on any atom is 0.233 e. The summed E-state index contributed by atoms with van der Waals surface area (Å²) in [6.45, 7) is 2.08. The van der Waals surface area contributed by atoms with Crippen molar-refractivity contribution in [3.05, 3.63) is 61.3 Å². The minimum atomic E-state index is 0.187. The van der Waals surface area contributed by atoms with Gasteiger partial charge >= 0.3 is 0 Å². The number of hydrogen-bond donors (Lipinski definition) is 2. The molecule has 5 aromatic rings. The fourth-order valence-electron chi connectivity index (χ4n) is 4.26. The summed E-state index contributed by atoms with van der Waals surface area (Å²) in [5.41, 5.74) is 5.30. The van der Waals surface area contributed by atoms with E-state index < -0.39 is 0 Å². The molecular formula is C25H24N8O. The highest BCUT2D eigenvalue weighted by Gasteiger charge is 2.19. The molecule has 1 aliphatic heterocycles. The van der Waals surface area contributed by atoms with Crippen LogP contribution >= 0.6 is 0 Å². The predicted molar refractivity (Wildman–Crippen MR) is 131 cm³/mol. The molecule has 34 heavy (non-hydrogen) atoms. The molecule has 1 saturated heterocycles. The summed E-state index contributed by atoms with van der Waals surface area (Å²) in [5.74, 6) is 1.10. The van der Waals surface area contributed by atoms with E-state index in [9.17, 15) is 0 Å². The number of nitrogens with one attached hydrogen (secondary N) is 2. The molecule has 5 heterocycles. The Kier molecular flexibility index (Phi) is 5.23. The number of nitrogens with zero attached hydrogens (tertiary/aromatic N) is 6. The molecule has 1 aliphatic rings. The monoisotopic (exact) mass is 452 g/mol. The average Bonchev–Trinajstić information content (AvgIpc) is 3.29. The van der Waals surface area contributed by atoms with Crippen LogP contribution in [-0.4, -0.2) is 61.0 Å². The lowest BCUT2D eigenvalue weighted by molar-refractivity contribution is 0.110. The molecular weight excluding hydrogens is 428 g/mol. The van der Waals surface area contributed by atoms with Crippen molar-refractivity contribution in [2.75, 3.05) is 25.5 Å². The molecule has 9 nitrogen and oxygen atoms in total. The zero-order chi connectivity index (χ0) is 22.9. The van der Waals surface area contributed by atoms with Crippen LogP contribution in [0.1, 0.15) is 12.8 Å². The second-order valence-electron chi connectivity index (χ2n) is 8.55. The molecule has 0 bridgehead atoms. The number of ether oxygens (including phenoxy) is 1. The van der Waals surface area contributed by atoms with E-state index in [4.69, 9.17) is 9.72 Å². The van der Waals surface area contributed by atoms with Gasteiger partial charge in [-0.15, -0.1) is 0 Å². The lowest BCUT2D eigenvalue weighted by Crippen LogP contribution is -2.35. The summed E-state index contributed by atoms with van der Waals surface area (Å²) >= 11 is 0. The fraction of sp³-hybridized carbons (Fsp3) is 0.240. The van der Waals surface area contributed by atoms with E-state index in [1.807, 2.05) is 42.7 Å². The van der Waals surface area contributed by atoms with Crippen LogP contribution in [0, 0.1) is 0 Å². The molecule has 6 rings (SSSR count). The molecule has 0 saturated carbocycles. The summed E-state index contributed by atoms with van der Waals surface area (Å²) in [5, 5.41) is 4.13. The van der Waals surface area contributed by atoms with Crippen LogP contribution in [0.25, 0.3) is 33.2 Å². The summed E-state index contributed by atoms with van der Waals surface area (Å²) in [6, 6.07) is 9.80. The first-order valence-electron chi connectivity index (χ1n) is 11.3. The van der Waals surface area contributed by atoms with Crippen molar-refractivity contribution in [1.82, 2.24) is 34.8 Å². The van der Waals surface area contributed by atoms with Crippen LogP contribution < -0.4 is 10.1 Å². The zero-order valence-electron chi connectivity index (χ0n) is 18.8. The van der Waals surface area contributed by atoms with Gasteiger partial charge in [0.2, 0.25) is 11.8 Å². The summed E-state index contributed by atoms with van der Waals surface area (Å²) < 4.78 is 6.14. The van der Waals surface area contributed by atoms with Gasteiger partial charge in [0.1, 0.15) is 11.8 Å².